The SMILES string of the molecule is O=C(NC[C@@H]1CCN(CCC2OCCO2)C[C@H]1O)c1cc(Cl)c(Br)c2c1OCCCO2. The number of carbonyl (C=O) groups excluding carboxylic acids is 1. The maximum Gasteiger partial charge on any atom is 0.255 e. The third kappa shape index (κ3) is 5.64. The summed E-state index contributed by atoms with van der Waals surface area (Å²) in [5.74, 6) is 0.555. The topological polar surface area (TPSA) is 89.5 Å². The van der Waals surface area contributed by atoms with Crippen LogP contribution in [0.3, 0.4) is 0 Å². The lowest BCUT2D eigenvalue weighted by molar-refractivity contribution is -0.0576. The summed E-state index contributed by atoms with van der Waals surface area (Å²) in [6.45, 7) is 4.91. The van der Waals surface area contributed by atoms with Crippen LogP contribution in [-0.4, -0.2) is 80.9 Å². The lowest BCUT2D eigenvalue weighted by Gasteiger charge is -2.36. The Bertz CT molecular complexity index is 792. The van der Waals surface area contributed by atoms with Gasteiger partial charge in [-0.05, 0) is 35.0 Å². The minimum Gasteiger partial charge on any atom is -0.489 e. The fraction of sp³-hybridized carbons (Fsp3) is 0.667. The van der Waals surface area contributed by atoms with Crippen LogP contribution in [0.15, 0.2) is 10.5 Å². The first-order valence-corrected chi connectivity index (χ1v) is 11.9. The Hall–Kier alpha value is -1.10. The maximum absolute atomic E-state index is 12.9. The van der Waals surface area contributed by atoms with Crippen LogP contribution in [0.1, 0.15) is 29.6 Å². The van der Waals surface area contributed by atoms with E-state index in [0.717, 1.165) is 32.4 Å². The Morgan fingerprint density at radius 3 is 2.71 bits per heavy atom. The number of nitrogens with zero attached hydrogens (tertiary/aromatic N) is 1. The molecule has 2 fully saturated rings. The molecule has 2 saturated heterocycles. The molecule has 1 amide bonds. The molecule has 1 aromatic rings. The van der Waals surface area contributed by atoms with E-state index in [2.05, 4.69) is 26.1 Å². The van der Waals surface area contributed by atoms with Crippen LogP contribution in [0.4, 0.5) is 0 Å². The number of ether oxygens (including phenoxy) is 4. The molecule has 10 heteroatoms. The zero-order chi connectivity index (χ0) is 21.8. The Balaban J connectivity index is 1.31. The number of piperidine rings is 1. The fourth-order valence-corrected chi connectivity index (χ4v) is 4.71. The largest absolute Gasteiger partial charge is 0.489 e. The molecule has 0 radical (unpaired) electrons. The standard InChI is InChI=1S/C21H28BrClN2O6/c22-18-15(23)10-14(19-20(18)31-7-1-6-30-19)21(27)24-11-13-2-4-25(12-16(13)26)5-3-17-28-8-9-29-17/h10,13,16-17,26H,1-9,11-12H2,(H,24,27)/t13-,16+/m0/s1. The molecule has 0 saturated carbocycles. The van der Waals surface area contributed by atoms with Crippen molar-refractivity contribution in [1.29, 1.82) is 0 Å². The summed E-state index contributed by atoms with van der Waals surface area (Å²) in [5, 5.41) is 13.9. The lowest BCUT2D eigenvalue weighted by atomic mass is 9.93. The number of likely N-dealkylation sites (tertiary alicyclic amines) is 1. The Morgan fingerprint density at radius 1 is 1.23 bits per heavy atom. The van der Waals surface area contributed by atoms with Crippen molar-refractivity contribution in [3.63, 3.8) is 0 Å². The minimum absolute atomic E-state index is 0.0131. The predicted molar refractivity (Wildman–Crippen MR) is 118 cm³/mol. The van der Waals surface area contributed by atoms with Gasteiger partial charge in [0.1, 0.15) is 0 Å². The second-order valence-corrected chi connectivity index (χ2v) is 9.22. The number of hydrogen-bond acceptors (Lipinski definition) is 7. The second kappa shape index (κ2) is 10.7. The number of benzene rings is 1. The van der Waals surface area contributed by atoms with Crippen LogP contribution in [0.2, 0.25) is 5.02 Å². The van der Waals surface area contributed by atoms with Crippen LogP contribution in [0.5, 0.6) is 11.5 Å². The fourth-order valence-electron chi connectivity index (χ4n) is 4.10. The van der Waals surface area contributed by atoms with E-state index >= 15 is 0 Å². The van der Waals surface area contributed by atoms with Gasteiger partial charge in [0.15, 0.2) is 17.8 Å². The number of β-amino-alcohol motifs (C(OH)–C–C–N with tert-alkyl or cyclic N) is 1. The quantitative estimate of drug-likeness (QED) is 0.597. The summed E-state index contributed by atoms with van der Waals surface area (Å²) in [6, 6.07) is 1.58. The number of hydrogen-bond donors (Lipinski definition) is 2. The highest BCUT2D eigenvalue weighted by Gasteiger charge is 2.30. The molecule has 0 aliphatic carbocycles. The molecule has 3 aliphatic rings. The second-order valence-electron chi connectivity index (χ2n) is 8.02. The van der Waals surface area contributed by atoms with Crippen LogP contribution >= 0.6 is 27.5 Å². The number of aliphatic hydroxyl groups is 1. The van der Waals surface area contributed by atoms with Gasteiger partial charge in [-0.2, -0.15) is 0 Å². The van der Waals surface area contributed by atoms with Crippen molar-refractivity contribution in [3.05, 3.63) is 21.1 Å². The van der Waals surface area contributed by atoms with E-state index in [1.54, 1.807) is 6.07 Å². The van der Waals surface area contributed by atoms with Crippen molar-refractivity contribution in [2.45, 2.75) is 31.7 Å². The number of carbonyl (C=O) groups is 1. The smallest absolute Gasteiger partial charge is 0.255 e. The van der Waals surface area contributed by atoms with Crippen molar-refractivity contribution in [2.75, 3.05) is 52.6 Å². The van der Waals surface area contributed by atoms with Gasteiger partial charge in [-0.25, -0.2) is 0 Å². The van der Waals surface area contributed by atoms with Crippen LogP contribution in [0.25, 0.3) is 0 Å². The third-order valence-electron chi connectivity index (χ3n) is 5.86. The third-order valence-corrected chi connectivity index (χ3v) is 7.17. The molecule has 3 heterocycles. The van der Waals surface area contributed by atoms with Crippen molar-refractivity contribution in [1.82, 2.24) is 10.2 Å². The molecule has 0 bridgehead atoms. The molecule has 0 unspecified atom stereocenters. The Morgan fingerprint density at radius 2 is 1.97 bits per heavy atom. The van der Waals surface area contributed by atoms with Crippen LogP contribution in [0, 0.1) is 5.92 Å². The van der Waals surface area contributed by atoms with Crippen molar-refractivity contribution >= 4 is 33.4 Å². The maximum atomic E-state index is 12.9. The average molecular weight is 520 g/mol. The number of halogens is 2. The van der Waals surface area contributed by atoms with Gasteiger partial charge in [-0.3, -0.25) is 4.79 Å². The van der Waals surface area contributed by atoms with E-state index in [9.17, 15) is 9.90 Å². The van der Waals surface area contributed by atoms with Gasteiger partial charge in [-0.1, -0.05) is 11.6 Å². The normalized spacial score (nSPS) is 24.7. The van der Waals surface area contributed by atoms with E-state index in [0.29, 0.717) is 66.1 Å². The zero-order valence-corrected chi connectivity index (χ0v) is 19.6. The first kappa shape index (κ1) is 23.1. The van der Waals surface area contributed by atoms with Gasteiger partial charge < -0.3 is 34.3 Å². The molecule has 3 aliphatic heterocycles. The molecule has 31 heavy (non-hydrogen) atoms. The summed E-state index contributed by atoms with van der Waals surface area (Å²) < 4.78 is 23.0. The van der Waals surface area contributed by atoms with Crippen molar-refractivity contribution < 1.29 is 28.8 Å². The molecule has 0 aromatic heterocycles. The van der Waals surface area contributed by atoms with E-state index in [4.69, 9.17) is 30.5 Å². The molecule has 8 nitrogen and oxygen atoms in total. The molecular weight excluding hydrogens is 492 g/mol. The van der Waals surface area contributed by atoms with Crippen molar-refractivity contribution in [2.24, 2.45) is 5.92 Å². The highest BCUT2D eigenvalue weighted by atomic mass is 79.9. The van der Waals surface area contributed by atoms with E-state index in [-0.39, 0.29) is 18.1 Å². The van der Waals surface area contributed by atoms with Crippen LogP contribution in [-0.2, 0) is 9.47 Å². The molecule has 4 rings (SSSR count). The Labute approximate surface area is 195 Å². The molecule has 2 atom stereocenters. The summed E-state index contributed by atoms with van der Waals surface area (Å²) in [7, 11) is 0. The molecular formula is C21H28BrClN2O6. The van der Waals surface area contributed by atoms with E-state index < -0.39 is 6.10 Å². The number of rotatable bonds is 6. The first-order valence-electron chi connectivity index (χ1n) is 10.7. The van der Waals surface area contributed by atoms with Gasteiger partial charge in [0.2, 0.25) is 0 Å². The number of fused-ring (bicyclic) bond motifs is 1. The van der Waals surface area contributed by atoms with Crippen LogP contribution < -0.4 is 14.8 Å². The molecule has 172 valence electrons. The summed E-state index contributed by atoms with van der Waals surface area (Å²) in [6.07, 6.45) is 1.68. The number of amides is 1. The summed E-state index contributed by atoms with van der Waals surface area (Å²) in [5.41, 5.74) is 0.341. The number of nitrogens with one attached hydrogen (secondary N) is 1. The zero-order valence-electron chi connectivity index (χ0n) is 17.3. The molecule has 1 aromatic carbocycles. The van der Waals surface area contributed by atoms with Gasteiger partial charge in [0, 0.05) is 38.4 Å². The van der Waals surface area contributed by atoms with Gasteiger partial charge in [0.25, 0.3) is 5.91 Å². The van der Waals surface area contributed by atoms with E-state index in [1.165, 1.54) is 0 Å². The summed E-state index contributed by atoms with van der Waals surface area (Å²) >= 11 is 9.70. The first-order chi connectivity index (χ1) is 15.0. The van der Waals surface area contributed by atoms with Gasteiger partial charge in [-0.15, -0.1) is 0 Å². The molecule has 0 spiro atoms. The van der Waals surface area contributed by atoms with Gasteiger partial charge >= 0.3 is 0 Å². The lowest BCUT2D eigenvalue weighted by Crippen LogP contribution is -2.48. The highest BCUT2D eigenvalue weighted by molar-refractivity contribution is 9.10. The van der Waals surface area contributed by atoms with Crippen molar-refractivity contribution in [3.8, 4) is 11.5 Å². The van der Waals surface area contributed by atoms with Gasteiger partial charge in [0.05, 0.1) is 47.6 Å². The minimum atomic E-state index is -0.510. The monoisotopic (exact) mass is 518 g/mol. The average Bonchev–Trinajstić information content (AvgIpc) is 3.16. The Kier molecular flexibility index (Phi) is 7.95. The molecule has 2 N–H and O–H groups in total. The highest BCUT2D eigenvalue weighted by Crippen LogP contribution is 2.44. The van der Waals surface area contributed by atoms with E-state index in [1.807, 2.05) is 0 Å². The predicted octanol–water partition coefficient (Wildman–Crippen LogP) is 2.44. The number of aliphatic hydroxyl groups excluding tert-OH is 1. The summed E-state index contributed by atoms with van der Waals surface area (Å²) in [4.78, 5) is 15.1.